The fraction of sp³-hybridized carbons (Fsp3) is 0.647. The second kappa shape index (κ2) is 6.70. The average molecular weight is 273 g/mol. The third-order valence-electron chi connectivity index (χ3n) is 4.62. The van der Waals surface area contributed by atoms with Crippen LogP contribution in [0.3, 0.4) is 0 Å². The van der Waals surface area contributed by atoms with Crippen molar-refractivity contribution in [1.82, 2.24) is 9.80 Å². The Morgan fingerprint density at radius 2 is 1.90 bits per heavy atom. The zero-order chi connectivity index (χ0) is 13.8. The van der Waals surface area contributed by atoms with Crippen molar-refractivity contribution in [3.05, 3.63) is 35.9 Å². The molecule has 0 bridgehead atoms. The molecule has 3 rings (SSSR count). The molecule has 110 valence electrons. The Hall–Kier alpha value is -0.900. The number of nitrogens with zero attached hydrogens (tertiary/aromatic N) is 2. The van der Waals surface area contributed by atoms with Gasteiger partial charge in [-0.2, -0.15) is 0 Å². The SMILES string of the molecule is NCCN1CCC[C@H](N(Cc2ccccc2)C2CC2)C1. The quantitative estimate of drug-likeness (QED) is 0.861. The average Bonchev–Trinajstić information content (AvgIpc) is 3.31. The first-order valence-corrected chi connectivity index (χ1v) is 8.09. The summed E-state index contributed by atoms with van der Waals surface area (Å²) in [5.41, 5.74) is 7.18. The molecule has 0 spiro atoms. The fourth-order valence-electron chi connectivity index (χ4n) is 3.44. The molecule has 3 heteroatoms. The van der Waals surface area contributed by atoms with Gasteiger partial charge in [-0.1, -0.05) is 30.3 Å². The molecule has 2 N–H and O–H groups in total. The van der Waals surface area contributed by atoms with E-state index in [2.05, 4.69) is 40.1 Å². The molecule has 1 aromatic rings. The normalized spacial score (nSPS) is 24.2. The summed E-state index contributed by atoms with van der Waals surface area (Å²) in [6.45, 7) is 5.40. The van der Waals surface area contributed by atoms with Crippen molar-refractivity contribution in [3.63, 3.8) is 0 Å². The first kappa shape index (κ1) is 14.1. The molecule has 20 heavy (non-hydrogen) atoms. The minimum atomic E-state index is 0.725. The van der Waals surface area contributed by atoms with Gasteiger partial charge in [0.1, 0.15) is 0 Å². The molecule has 1 heterocycles. The van der Waals surface area contributed by atoms with Crippen LogP contribution >= 0.6 is 0 Å². The van der Waals surface area contributed by atoms with Crippen LogP contribution in [0, 0.1) is 0 Å². The summed E-state index contributed by atoms with van der Waals surface area (Å²) in [5, 5.41) is 0. The summed E-state index contributed by atoms with van der Waals surface area (Å²) in [7, 11) is 0. The smallest absolute Gasteiger partial charge is 0.0240 e. The first-order valence-electron chi connectivity index (χ1n) is 8.09. The lowest BCUT2D eigenvalue weighted by Crippen LogP contribution is -2.49. The molecule has 2 fully saturated rings. The van der Waals surface area contributed by atoms with Gasteiger partial charge < -0.3 is 10.6 Å². The monoisotopic (exact) mass is 273 g/mol. The van der Waals surface area contributed by atoms with Crippen LogP contribution in [0.2, 0.25) is 0 Å². The van der Waals surface area contributed by atoms with Gasteiger partial charge in [0, 0.05) is 38.3 Å². The van der Waals surface area contributed by atoms with Gasteiger partial charge in [-0.05, 0) is 37.8 Å². The zero-order valence-electron chi connectivity index (χ0n) is 12.4. The summed E-state index contributed by atoms with van der Waals surface area (Å²) < 4.78 is 0. The van der Waals surface area contributed by atoms with E-state index < -0.39 is 0 Å². The first-order chi connectivity index (χ1) is 9.86. The summed E-state index contributed by atoms with van der Waals surface area (Å²) >= 11 is 0. The highest BCUT2D eigenvalue weighted by Crippen LogP contribution is 2.32. The van der Waals surface area contributed by atoms with Gasteiger partial charge in [-0.15, -0.1) is 0 Å². The predicted molar refractivity (Wildman–Crippen MR) is 83.5 cm³/mol. The Morgan fingerprint density at radius 3 is 2.60 bits per heavy atom. The van der Waals surface area contributed by atoms with Crippen molar-refractivity contribution in [2.24, 2.45) is 5.73 Å². The summed E-state index contributed by atoms with van der Waals surface area (Å²) in [4.78, 5) is 5.31. The summed E-state index contributed by atoms with van der Waals surface area (Å²) in [6.07, 6.45) is 5.45. The highest BCUT2D eigenvalue weighted by molar-refractivity contribution is 5.15. The van der Waals surface area contributed by atoms with Crippen LogP contribution < -0.4 is 5.73 Å². The molecule has 2 aliphatic rings. The second-order valence-corrected chi connectivity index (χ2v) is 6.27. The van der Waals surface area contributed by atoms with Crippen molar-refractivity contribution >= 4 is 0 Å². The van der Waals surface area contributed by atoms with Crippen LogP contribution in [0.15, 0.2) is 30.3 Å². The van der Waals surface area contributed by atoms with Crippen molar-refractivity contribution < 1.29 is 0 Å². The fourth-order valence-corrected chi connectivity index (χ4v) is 3.44. The molecule has 1 aliphatic heterocycles. The maximum Gasteiger partial charge on any atom is 0.0240 e. The molecular weight excluding hydrogens is 246 g/mol. The predicted octanol–water partition coefficient (Wildman–Crippen LogP) is 2.07. The van der Waals surface area contributed by atoms with Crippen molar-refractivity contribution in [2.75, 3.05) is 26.2 Å². The minimum Gasteiger partial charge on any atom is -0.329 e. The van der Waals surface area contributed by atoms with Crippen molar-refractivity contribution in [1.29, 1.82) is 0 Å². The lowest BCUT2D eigenvalue weighted by Gasteiger charge is -2.39. The number of piperidine rings is 1. The van der Waals surface area contributed by atoms with Gasteiger partial charge >= 0.3 is 0 Å². The van der Waals surface area contributed by atoms with E-state index in [-0.39, 0.29) is 0 Å². The van der Waals surface area contributed by atoms with E-state index in [0.717, 1.165) is 31.7 Å². The van der Waals surface area contributed by atoms with Gasteiger partial charge in [0.15, 0.2) is 0 Å². The van der Waals surface area contributed by atoms with Gasteiger partial charge in [-0.25, -0.2) is 0 Å². The summed E-state index contributed by atoms with van der Waals surface area (Å²) in [6, 6.07) is 12.5. The van der Waals surface area contributed by atoms with Crippen molar-refractivity contribution in [2.45, 2.75) is 44.3 Å². The zero-order valence-corrected chi connectivity index (χ0v) is 12.4. The number of hydrogen-bond acceptors (Lipinski definition) is 3. The number of rotatable bonds is 6. The molecule has 1 aromatic carbocycles. The lowest BCUT2D eigenvalue weighted by molar-refractivity contribution is 0.0872. The molecule has 0 amide bonds. The maximum absolute atomic E-state index is 5.72. The molecule has 1 aliphatic carbocycles. The maximum atomic E-state index is 5.72. The van der Waals surface area contributed by atoms with E-state index in [1.54, 1.807) is 0 Å². The Morgan fingerprint density at radius 1 is 1.10 bits per heavy atom. The molecular formula is C17H27N3. The number of hydrogen-bond donors (Lipinski definition) is 1. The van der Waals surface area contributed by atoms with Crippen LogP contribution in [-0.4, -0.2) is 48.1 Å². The molecule has 3 nitrogen and oxygen atoms in total. The van der Waals surface area contributed by atoms with Crippen LogP contribution in [0.5, 0.6) is 0 Å². The Bertz CT molecular complexity index is 400. The van der Waals surface area contributed by atoms with Gasteiger partial charge in [0.25, 0.3) is 0 Å². The standard InChI is InChI=1S/C17H27N3/c18-10-12-19-11-4-7-17(14-19)20(16-8-9-16)13-15-5-2-1-3-6-15/h1-3,5-6,16-17H,4,7-14,18H2/t17-/m0/s1. The molecule has 1 atom stereocenters. The Labute approximate surface area is 122 Å². The van der Waals surface area contributed by atoms with Crippen LogP contribution in [0.25, 0.3) is 0 Å². The number of nitrogens with two attached hydrogens (primary N) is 1. The largest absolute Gasteiger partial charge is 0.329 e. The van der Waals surface area contributed by atoms with Crippen LogP contribution in [-0.2, 0) is 6.54 Å². The number of benzene rings is 1. The van der Waals surface area contributed by atoms with E-state index in [1.807, 2.05) is 0 Å². The third kappa shape index (κ3) is 3.60. The lowest BCUT2D eigenvalue weighted by atomic mass is 10.0. The third-order valence-corrected chi connectivity index (χ3v) is 4.62. The highest BCUT2D eigenvalue weighted by atomic mass is 15.3. The van der Waals surface area contributed by atoms with E-state index >= 15 is 0 Å². The topological polar surface area (TPSA) is 32.5 Å². The summed E-state index contributed by atoms with van der Waals surface area (Å²) in [5.74, 6) is 0. The molecule has 1 saturated carbocycles. The molecule has 1 saturated heterocycles. The van der Waals surface area contributed by atoms with E-state index in [4.69, 9.17) is 5.73 Å². The molecule has 0 aromatic heterocycles. The van der Waals surface area contributed by atoms with Crippen LogP contribution in [0.1, 0.15) is 31.2 Å². The Kier molecular flexibility index (Phi) is 4.71. The van der Waals surface area contributed by atoms with Gasteiger partial charge in [0.05, 0.1) is 0 Å². The minimum absolute atomic E-state index is 0.725. The highest BCUT2D eigenvalue weighted by Gasteiger charge is 2.35. The number of likely N-dealkylation sites (tertiary alicyclic amines) is 1. The van der Waals surface area contributed by atoms with Crippen molar-refractivity contribution in [3.8, 4) is 0 Å². The van der Waals surface area contributed by atoms with E-state index in [1.165, 1.54) is 44.3 Å². The molecule has 0 unspecified atom stereocenters. The molecule has 0 radical (unpaired) electrons. The Balaban J connectivity index is 1.64. The second-order valence-electron chi connectivity index (χ2n) is 6.27. The van der Waals surface area contributed by atoms with Gasteiger partial charge in [0.2, 0.25) is 0 Å². The van der Waals surface area contributed by atoms with E-state index in [9.17, 15) is 0 Å². The van der Waals surface area contributed by atoms with E-state index in [0.29, 0.717) is 0 Å². The van der Waals surface area contributed by atoms with Crippen LogP contribution in [0.4, 0.5) is 0 Å². The van der Waals surface area contributed by atoms with Gasteiger partial charge in [-0.3, -0.25) is 4.90 Å².